The van der Waals surface area contributed by atoms with Crippen LogP contribution in [-0.2, 0) is 4.79 Å². The number of benzene rings is 2. The lowest BCUT2D eigenvalue weighted by molar-refractivity contribution is -0.113. The van der Waals surface area contributed by atoms with Crippen molar-refractivity contribution in [1.82, 2.24) is 25.0 Å². The number of aromatic nitrogens is 5. The highest BCUT2D eigenvalue weighted by Crippen LogP contribution is 2.35. The van der Waals surface area contributed by atoms with Gasteiger partial charge in [0.25, 0.3) is 0 Å². The molecule has 5 rings (SSSR count). The summed E-state index contributed by atoms with van der Waals surface area (Å²) in [4.78, 5) is 12.7. The van der Waals surface area contributed by atoms with Crippen LogP contribution in [0.4, 0.5) is 5.13 Å². The van der Waals surface area contributed by atoms with Crippen LogP contribution in [0.2, 0.25) is 5.02 Å². The van der Waals surface area contributed by atoms with Crippen LogP contribution in [0.15, 0.2) is 59.8 Å². The van der Waals surface area contributed by atoms with Crippen molar-refractivity contribution in [3.05, 3.63) is 70.5 Å². The normalized spacial score (nSPS) is 14.9. The molecule has 1 unspecified atom stereocenters. The maximum absolute atomic E-state index is 12.7. The third-order valence-electron chi connectivity index (χ3n) is 6.15. The zero-order valence-electron chi connectivity index (χ0n) is 20.3. The Morgan fingerprint density at radius 3 is 2.62 bits per heavy atom. The second-order valence-electron chi connectivity index (χ2n) is 8.82. The maximum Gasteiger partial charge on any atom is 0.236 e. The third kappa shape index (κ3) is 6.31. The van der Waals surface area contributed by atoms with Crippen molar-refractivity contribution >= 4 is 45.7 Å². The predicted molar refractivity (Wildman–Crippen MR) is 147 cm³/mol. The number of nitrogens with zero attached hydrogens (tertiary/aromatic N) is 5. The van der Waals surface area contributed by atoms with Gasteiger partial charge in [0.05, 0.1) is 10.8 Å². The number of hydrogen-bond donors (Lipinski definition) is 1. The lowest BCUT2D eigenvalue weighted by atomic mass is 9.90. The van der Waals surface area contributed by atoms with Gasteiger partial charge in [-0.3, -0.25) is 14.7 Å². The molecule has 4 aromatic rings. The van der Waals surface area contributed by atoms with Crippen LogP contribution in [0.1, 0.15) is 61.9 Å². The van der Waals surface area contributed by atoms with Crippen molar-refractivity contribution < 1.29 is 9.53 Å². The first-order chi connectivity index (χ1) is 18.1. The minimum atomic E-state index is -0.435. The zero-order valence-corrected chi connectivity index (χ0v) is 22.7. The topological polar surface area (TPSA) is 94.8 Å². The largest absolute Gasteiger partial charge is 0.481 e. The van der Waals surface area contributed by atoms with Gasteiger partial charge >= 0.3 is 0 Å². The standard InChI is InChI=1S/C26H27ClN6O2S2/c1-17(35-21-15-9-8-14-20(21)27)23-29-32-26(33(23)19-12-6-3-7-13-19)36-16-22(34)28-25-31-30-24(37-25)18-10-4-2-5-11-18/h3,6-9,12-15,17-18H,2,4-5,10-11,16H2,1H3,(H,28,31,34). The second-order valence-corrected chi connectivity index (χ2v) is 11.2. The summed E-state index contributed by atoms with van der Waals surface area (Å²) in [6.45, 7) is 1.90. The number of halogens is 1. The summed E-state index contributed by atoms with van der Waals surface area (Å²) in [5.41, 5.74) is 0.876. The lowest BCUT2D eigenvalue weighted by Crippen LogP contribution is -2.15. The van der Waals surface area contributed by atoms with E-state index in [2.05, 4.69) is 25.7 Å². The predicted octanol–water partition coefficient (Wildman–Crippen LogP) is 6.69. The highest BCUT2D eigenvalue weighted by molar-refractivity contribution is 7.99. The second kappa shape index (κ2) is 12.1. The van der Waals surface area contributed by atoms with E-state index in [4.69, 9.17) is 16.3 Å². The molecule has 0 radical (unpaired) electrons. The fraction of sp³-hybridized carbons (Fsp3) is 0.346. The van der Waals surface area contributed by atoms with Gasteiger partial charge in [0.15, 0.2) is 17.1 Å². The average Bonchev–Trinajstić information content (AvgIpc) is 3.57. The Labute approximate surface area is 228 Å². The molecule has 8 nitrogen and oxygen atoms in total. The molecule has 0 saturated heterocycles. The fourth-order valence-corrected chi connectivity index (χ4v) is 6.19. The number of rotatable bonds is 9. The van der Waals surface area contributed by atoms with E-state index in [-0.39, 0.29) is 11.7 Å². The molecule has 1 amide bonds. The van der Waals surface area contributed by atoms with E-state index in [9.17, 15) is 4.79 Å². The Hall–Kier alpha value is -2.95. The van der Waals surface area contributed by atoms with E-state index >= 15 is 0 Å². The SMILES string of the molecule is CC(Oc1ccccc1Cl)c1nnc(SCC(=O)Nc2nnc(C3CCCCC3)s2)n1-c1ccccc1. The molecule has 37 heavy (non-hydrogen) atoms. The molecule has 11 heteroatoms. The van der Waals surface area contributed by atoms with Crippen LogP contribution in [0.5, 0.6) is 5.75 Å². The van der Waals surface area contributed by atoms with Gasteiger partial charge in [-0.15, -0.1) is 20.4 Å². The number of carbonyl (C=O) groups is 1. The third-order valence-corrected chi connectivity index (χ3v) is 8.39. The molecule has 1 saturated carbocycles. The van der Waals surface area contributed by atoms with Gasteiger partial charge in [-0.2, -0.15) is 0 Å². The molecule has 1 aliphatic carbocycles. The molecule has 192 valence electrons. The summed E-state index contributed by atoms with van der Waals surface area (Å²) < 4.78 is 8.01. The van der Waals surface area contributed by atoms with Crippen LogP contribution in [0, 0.1) is 0 Å². The van der Waals surface area contributed by atoms with Gasteiger partial charge in [-0.25, -0.2) is 0 Å². The highest BCUT2D eigenvalue weighted by atomic mass is 35.5. The number of anilines is 1. The Balaban J connectivity index is 1.28. The summed E-state index contributed by atoms with van der Waals surface area (Å²) in [5.74, 6) is 1.63. The monoisotopic (exact) mass is 554 g/mol. The number of para-hydroxylation sites is 2. The van der Waals surface area contributed by atoms with Crippen molar-refractivity contribution in [3.8, 4) is 11.4 Å². The van der Waals surface area contributed by atoms with Gasteiger partial charge in [-0.1, -0.05) is 84.3 Å². The van der Waals surface area contributed by atoms with Crippen LogP contribution >= 0.6 is 34.7 Å². The quantitative estimate of drug-likeness (QED) is 0.230. The van der Waals surface area contributed by atoms with Crippen LogP contribution < -0.4 is 10.1 Å². The van der Waals surface area contributed by atoms with Crippen molar-refractivity contribution in [2.45, 2.75) is 56.2 Å². The summed E-state index contributed by atoms with van der Waals surface area (Å²) in [6.07, 6.45) is 5.61. The van der Waals surface area contributed by atoms with Crippen molar-refractivity contribution in [1.29, 1.82) is 0 Å². The molecule has 2 aromatic heterocycles. The molecule has 1 aliphatic rings. The van der Waals surface area contributed by atoms with Crippen molar-refractivity contribution in [3.63, 3.8) is 0 Å². The minimum Gasteiger partial charge on any atom is -0.481 e. The number of hydrogen-bond acceptors (Lipinski definition) is 8. The smallest absolute Gasteiger partial charge is 0.236 e. The van der Waals surface area contributed by atoms with Crippen LogP contribution in [0.25, 0.3) is 5.69 Å². The molecule has 0 spiro atoms. The molecule has 1 fully saturated rings. The highest BCUT2D eigenvalue weighted by Gasteiger charge is 2.23. The molecule has 0 bridgehead atoms. The Kier molecular flexibility index (Phi) is 8.38. The summed E-state index contributed by atoms with van der Waals surface area (Å²) in [6, 6.07) is 17.1. The Morgan fingerprint density at radius 2 is 1.84 bits per heavy atom. The van der Waals surface area contributed by atoms with E-state index in [1.165, 1.54) is 42.4 Å². The minimum absolute atomic E-state index is 0.156. The Morgan fingerprint density at radius 1 is 1.08 bits per heavy atom. The maximum atomic E-state index is 12.7. The average molecular weight is 555 g/mol. The van der Waals surface area contributed by atoms with Crippen LogP contribution in [-0.4, -0.2) is 36.6 Å². The summed E-state index contributed by atoms with van der Waals surface area (Å²) in [5, 5.41) is 22.9. The molecular weight excluding hydrogens is 528 g/mol. The summed E-state index contributed by atoms with van der Waals surface area (Å²) in [7, 11) is 0. The van der Waals surface area contributed by atoms with Gasteiger partial charge in [0.1, 0.15) is 10.8 Å². The van der Waals surface area contributed by atoms with Crippen LogP contribution in [0.3, 0.4) is 0 Å². The van der Waals surface area contributed by atoms with E-state index in [0.29, 0.717) is 32.8 Å². The van der Waals surface area contributed by atoms with E-state index in [0.717, 1.165) is 23.5 Å². The summed E-state index contributed by atoms with van der Waals surface area (Å²) >= 11 is 9.07. The molecule has 1 atom stereocenters. The number of nitrogens with one attached hydrogen (secondary N) is 1. The van der Waals surface area contributed by atoms with E-state index in [1.807, 2.05) is 60.0 Å². The van der Waals surface area contributed by atoms with E-state index in [1.54, 1.807) is 6.07 Å². The van der Waals surface area contributed by atoms with Gasteiger partial charge in [0.2, 0.25) is 11.0 Å². The first-order valence-corrected chi connectivity index (χ1v) is 14.4. The fourth-order valence-electron chi connectivity index (χ4n) is 4.33. The molecule has 0 aliphatic heterocycles. The number of thioether (sulfide) groups is 1. The number of carbonyl (C=O) groups excluding carboxylic acids is 1. The molecule has 1 N–H and O–H groups in total. The number of ether oxygens (including phenoxy) is 1. The first kappa shape index (κ1) is 25.7. The van der Waals surface area contributed by atoms with Gasteiger partial charge in [-0.05, 0) is 44.0 Å². The van der Waals surface area contributed by atoms with Gasteiger partial charge in [0, 0.05) is 11.6 Å². The lowest BCUT2D eigenvalue weighted by Gasteiger charge is -2.18. The molecule has 2 aromatic carbocycles. The zero-order chi connectivity index (χ0) is 25.6. The molecular formula is C26H27ClN6O2S2. The van der Waals surface area contributed by atoms with Crippen molar-refractivity contribution in [2.24, 2.45) is 0 Å². The van der Waals surface area contributed by atoms with E-state index < -0.39 is 6.10 Å². The Bertz CT molecular complexity index is 1340. The first-order valence-electron chi connectivity index (χ1n) is 12.3. The van der Waals surface area contributed by atoms with Crippen molar-refractivity contribution in [2.75, 3.05) is 11.1 Å². The number of amides is 1. The van der Waals surface area contributed by atoms with Gasteiger partial charge < -0.3 is 4.74 Å². The molecule has 2 heterocycles.